The monoisotopic (exact) mass is 293 g/mol. The van der Waals surface area contributed by atoms with Gasteiger partial charge in [0.1, 0.15) is 5.82 Å². The van der Waals surface area contributed by atoms with Crippen LogP contribution in [-0.2, 0) is 11.3 Å². The molecule has 116 valence electrons. The number of nitrogens with zero attached hydrogens (tertiary/aromatic N) is 1. The van der Waals surface area contributed by atoms with E-state index < -0.39 is 11.9 Å². The van der Waals surface area contributed by atoms with Crippen molar-refractivity contribution in [3.8, 4) is 0 Å². The number of benzene rings is 1. The lowest BCUT2D eigenvalue weighted by atomic mass is 9.93. The molecule has 21 heavy (non-hydrogen) atoms. The molecule has 1 aromatic rings. The van der Waals surface area contributed by atoms with Crippen LogP contribution in [0.4, 0.5) is 4.39 Å². The van der Waals surface area contributed by atoms with Crippen LogP contribution in [0.5, 0.6) is 0 Å². The third-order valence-corrected chi connectivity index (χ3v) is 4.35. The number of halogens is 1. The maximum atomic E-state index is 13.9. The van der Waals surface area contributed by atoms with Gasteiger partial charge in [0.15, 0.2) is 0 Å². The molecule has 0 bridgehead atoms. The second-order valence-corrected chi connectivity index (χ2v) is 6.05. The lowest BCUT2D eigenvalue weighted by molar-refractivity contribution is -0.142. The Hall–Kier alpha value is -1.42. The lowest BCUT2D eigenvalue weighted by Gasteiger charge is -2.35. The van der Waals surface area contributed by atoms with Crippen LogP contribution in [0.15, 0.2) is 24.3 Å². The molecule has 0 saturated heterocycles. The minimum Gasteiger partial charge on any atom is -0.481 e. The van der Waals surface area contributed by atoms with Gasteiger partial charge in [-0.05, 0) is 18.9 Å². The van der Waals surface area contributed by atoms with Crippen LogP contribution >= 0.6 is 0 Å². The molecule has 0 spiro atoms. The summed E-state index contributed by atoms with van der Waals surface area (Å²) in [6.45, 7) is 2.70. The molecule has 1 fully saturated rings. The van der Waals surface area contributed by atoms with Crippen molar-refractivity contribution in [2.24, 2.45) is 5.92 Å². The lowest BCUT2D eigenvalue weighted by Crippen LogP contribution is -2.40. The molecule has 1 aliphatic rings. The normalized spacial score (nSPS) is 17.9. The van der Waals surface area contributed by atoms with Crippen LogP contribution < -0.4 is 0 Å². The third-order valence-electron chi connectivity index (χ3n) is 4.35. The summed E-state index contributed by atoms with van der Waals surface area (Å²) >= 11 is 0. The van der Waals surface area contributed by atoms with E-state index in [9.17, 15) is 9.18 Å². The van der Waals surface area contributed by atoms with Crippen molar-refractivity contribution in [1.82, 2.24) is 4.90 Å². The summed E-state index contributed by atoms with van der Waals surface area (Å²) < 4.78 is 13.9. The summed E-state index contributed by atoms with van der Waals surface area (Å²) in [6.07, 6.45) is 5.78. The molecule has 3 nitrogen and oxygen atoms in total. The molecule has 1 N–H and O–H groups in total. The SMILES string of the molecule is CC(CN(Cc1ccccc1F)C1CCCCC1)C(=O)O. The Morgan fingerprint density at radius 2 is 2.00 bits per heavy atom. The maximum absolute atomic E-state index is 13.9. The van der Waals surface area contributed by atoms with Crippen molar-refractivity contribution in [2.75, 3.05) is 6.54 Å². The standard InChI is InChI=1S/C17H24FNO2/c1-13(17(20)21)11-19(15-8-3-2-4-9-15)12-14-7-5-6-10-16(14)18/h5-7,10,13,15H,2-4,8-9,11-12H2,1H3,(H,20,21). The van der Waals surface area contributed by atoms with Crippen LogP contribution in [0.2, 0.25) is 0 Å². The van der Waals surface area contributed by atoms with Crippen molar-refractivity contribution >= 4 is 5.97 Å². The molecule has 1 saturated carbocycles. The largest absolute Gasteiger partial charge is 0.481 e. The van der Waals surface area contributed by atoms with Crippen molar-refractivity contribution in [1.29, 1.82) is 0 Å². The van der Waals surface area contributed by atoms with Gasteiger partial charge in [-0.25, -0.2) is 4.39 Å². The zero-order valence-corrected chi connectivity index (χ0v) is 12.6. The molecule has 0 aliphatic heterocycles. The zero-order valence-electron chi connectivity index (χ0n) is 12.6. The Bertz CT molecular complexity index is 472. The number of carbonyl (C=O) groups is 1. The van der Waals surface area contributed by atoms with E-state index in [4.69, 9.17) is 5.11 Å². The highest BCUT2D eigenvalue weighted by Crippen LogP contribution is 2.25. The molecule has 0 radical (unpaired) electrons. The predicted molar refractivity (Wildman–Crippen MR) is 80.5 cm³/mol. The second kappa shape index (κ2) is 7.55. The fraction of sp³-hybridized carbons (Fsp3) is 0.588. The first kappa shape index (κ1) is 16.0. The van der Waals surface area contributed by atoms with Gasteiger partial charge < -0.3 is 5.11 Å². The molecule has 4 heteroatoms. The molecule has 0 aromatic heterocycles. The molecular weight excluding hydrogens is 269 g/mol. The highest BCUT2D eigenvalue weighted by atomic mass is 19.1. The minimum absolute atomic E-state index is 0.207. The number of aliphatic carboxylic acids is 1. The first-order valence-corrected chi connectivity index (χ1v) is 7.78. The number of hydrogen-bond donors (Lipinski definition) is 1. The van der Waals surface area contributed by atoms with Crippen molar-refractivity contribution in [3.05, 3.63) is 35.6 Å². The summed E-state index contributed by atoms with van der Waals surface area (Å²) in [5.74, 6) is -1.43. The first-order chi connectivity index (χ1) is 10.1. The zero-order chi connectivity index (χ0) is 15.2. The Balaban J connectivity index is 2.10. The van der Waals surface area contributed by atoms with Crippen LogP contribution in [0.25, 0.3) is 0 Å². The predicted octanol–water partition coefficient (Wildman–Crippen LogP) is 3.68. The van der Waals surface area contributed by atoms with Crippen molar-refractivity contribution in [3.63, 3.8) is 0 Å². The smallest absolute Gasteiger partial charge is 0.307 e. The number of rotatable bonds is 6. The van der Waals surface area contributed by atoms with Gasteiger partial charge in [-0.15, -0.1) is 0 Å². The molecule has 2 rings (SSSR count). The summed E-state index contributed by atoms with van der Waals surface area (Å²) in [5, 5.41) is 9.15. The van der Waals surface area contributed by atoms with Gasteiger partial charge in [-0.3, -0.25) is 9.69 Å². The Kier molecular flexibility index (Phi) is 5.74. The summed E-state index contributed by atoms with van der Waals surface area (Å²) in [4.78, 5) is 13.3. The summed E-state index contributed by atoms with van der Waals surface area (Å²) in [6, 6.07) is 7.15. The molecule has 0 amide bonds. The van der Waals surface area contributed by atoms with Gasteiger partial charge in [-0.1, -0.05) is 44.4 Å². The molecule has 1 unspecified atom stereocenters. The summed E-state index contributed by atoms with van der Waals surface area (Å²) in [5.41, 5.74) is 0.653. The molecule has 0 heterocycles. The van der Waals surface area contributed by atoms with E-state index in [2.05, 4.69) is 4.90 Å². The Morgan fingerprint density at radius 3 is 2.62 bits per heavy atom. The number of carboxylic acid groups (broad SMARTS) is 1. The molecule has 1 aromatic carbocycles. The van der Waals surface area contributed by atoms with E-state index in [0.29, 0.717) is 24.7 Å². The number of hydrogen-bond acceptors (Lipinski definition) is 2. The van der Waals surface area contributed by atoms with Gasteiger partial charge in [0.2, 0.25) is 0 Å². The molecule has 1 aliphatic carbocycles. The molecular formula is C17H24FNO2. The van der Waals surface area contributed by atoms with Crippen LogP contribution in [0, 0.1) is 11.7 Å². The van der Waals surface area contributed by atoms with E-state index in [1.807, 2.05) is 6.07 Å². The average Bonchev–Trinajstić information content (AvgIpc) is 2.49. The van der Waals surface area contributed by atoms with Gasteiger partial charge in [0.25, 0.3) is 0 Å². The quantitative estimate of drug-likeness (QED) is 0.869. The van der Waals surface area contributed by atoms with Gasteiger partial charge in [0, 0.05) is 24.7 Å². The molecule has 1 atom stereocenters. The minimum atomic E-state index is -0.788. The first-order valence-electron chi connectivity index (χ1n) is 7.78. The topological polar surface area (TPSA) is 40.5 Å². The fourth-order valence-electron chi connectivity index (χ4n) is 3.06. The third kappa shape index (κ3) is 4.53. The second-order valence-electron chi connectivity index (χ2n) is 6.05. The van der Waals surface area contributed by atoms with E-state index in [-0.39, 0.29) is 5.82 Å². The number of carboxylic acids is 1. The average molecular weight is 293 g/mol. The fourth-order valence-corrected chi connectivity index (χ4v) is 3.06. The van der Waals surface area contributed by atoms with Gasteiger partial charge in [-0.2, -0.15) is 0 Å². The van der Waals surface area contributed by atoms with E-state index in [0.717, 1.165) is 12.8 Å². The Morgan fingerprint density at radius 1 is 1.33 bits per heavy atom. The van der Waals surface area contributed by atoms with Crippen molar-refractivity contribution in [2.45, 2.75) is 51.6 Å². The highest BCUT2D eigenvalue weighted by Gasteiger charge is 2.25. The van der Waals surface area contributed by atoms with Gasteiger partial charge >= 0.3 is 5.97 Å². The van der Waals surface area contributed by atoms with Crippen molar-refractivity contribution < 1.29 is 14.3 Å². The summed E-state index contributed by atoms with van der Waals surface area (Å²) in [7, 11) is 0. The van der Waals surface area contributed by atoms with E-state index in [1.54, 1.807) is 19.1 Å². The Labute approximate surface area is 125 Å². The van der Waals surface area contributed by atoms with E-state index >= 15 is 0 Å². The van der Waals surface area contributed by atoms with Gasteiger partial charge in [0.05, 0.1) is 5.92 Å². The van der Waals surface area contributed by atoms with Crippen LogP contribution in [0.1, 0.15) is 44.6 Å². The van der Waals surface area contributed by atoms with E-state index in [1.165, 1.54) is 25.3 Å². The maximum Gasteiger partial charge on any atom is 0.307 e. The van der Waals surface area contributed by atoms with Crippen LogP contribution in [0.3, 0.4) is 0 Å². The van der Waals surface area contributed by atoms with Crippen LogP contribution in [-0.4, -0.2) is 28.6 Å². The highest BCUT2D eigenvalue weighted by molar-refractivity contribution is 5.69.